The summed E-state index contributed by atoms with van der Waals surface area (Å²) in [6.07, 6.45) is 42.1. The van der Waals surface area contributed by atoms with Crippen molar-refractivity contribution >= 4 is 17.9 Å². The Morgan fingerprint density at radius 2 is 1.00 bits per heavy atom. The molecule has 0 saturated carbocycles. The zero-order valence-electron chi connectivity index (χ0n) is 37.4. The first-order valence-electron chi connectivity index (χ1n) is 23.1. The second-order valence-corrected chi connectivity index (χ2v) is 15.5. The Balaban J connectivity index is 2.43. The molecular formula is C50H80O11. The summed E-state index contributed by atoms with van der Waals surface area (Å²) in [6.45, 7) is 3.62. The predicted octanol–water partition coefficient (Wildman–Crippen LogP) is 10.3. The first-order chi connectivity index (χ1) is 29.7. The first-order valence-corrected chi connectivity index (χ1v) is 23.1. The molecule has 1 fully saturated rings. The van der Waals surface area contributed by atoms with Crippen molar-refractivity contribution in [1.82, 2.24) is 0 Å². The maximum Gasteiger partial charge on any atom is 0.335 e. The van der Waals surface area contributed by atoms with Gasteiger partial charge in [0, 0.05) is 12.8 Å². The lowest BCUT2D eigenvalue weighted by atomic mass is 9.99. The molecule has 0 bridgehead atoms. The van der Waals surface area contributed by atoms with Crippen LogP contribution in [0.5, 0.6) is 0 Å². The van der Waals surface area contributed by atoms with E-state index in [0.717, 1.165) is 77.0 Å². The first kappa shape index (κ1) is 55.4. The van der Waals surface area contributed by atoms with Gasteiger partial charge in [-0.3, -0.25) is 9.59 Å². The molecule has 0 aromatic rings. The lowest BCUT2D eigenvalue weighted by Crippen LogP contribution is -2.60. The molecule has 6 atom stereocenters. The molecule has 1 aliphatic rings. The summed E-state index contributed by atoms with van der Waals surface area (Å²) in [5, 5.41) is 39.8. The number of esters is 2. The van der Waals surface area contributed by atoms with Crippen LogP contribution >= 0.6 is 0 Å². The molecule has 0 radical (unpaired) electrons. The van der Waals surface area contributed by atoms with Crippen molar-refractivity contribution in [1.29, 1.82) is 0 Å². The van der Waals surface area contributed by atoms with Gasteiger partial charge in [-0.25, -0.2) is 4.79 Å². The molecule has 0 aromatic carbocycles. The van der Waals surface area contributed by atoms with Gasteiger partial charge in [0.15, 0.2) is 18.5 Å². The minimum Gasteiger partial charge on any atom is -0.479 e. The fourth-order valence-electron chi connectivity index (χ4n) is 6.37. The smallest absolute Gasteiger partial charge is 0.335 e. The number of hydrogen-bond donors (Lipinski definition) is 4. The molecule has 1 aliphatic heterocycles. The number of carboxylic acid groups (broad SMARTS) is 1. The third kappa shape index (κ3) is 31.0. The van der Waals surface area contributed by atoms with Crippen LogP contribution in [0.25, 0.3) is 0 Å². The van der Waals surface area contributed by atoms with Gasteiger partial charge in [-0.1, -0.05) is 157 Å². The Morgan fingerprint density at radius 1 is 0.525 bits per heavy atom. The highest BCUT2D eigenvalue weighted by molar-refractivity contribution is 5.73. The molecule has 1 rings (SSSR count). The normalized spacial score (nSPS) is 20.4. The molecule has 11 heteroatoms. The van der Waals surface area contributed by atoms with Gasteiger partial charge in [-0.15, -0.1) is 0 Å². The van der Waals surface area contributed by atoms with Gasteiger partial charge in [0.1, 0.15) is 24.9 Å². The van der Waals surface area contributed by atoms with E-state index in [2.05, 4.69) is 86.8 Å². The second kappa shape index (κ2) is 39.3. The highest BCUT2D eigenvalue weighted by atomic mass is 16.7. The van der Waals surface area contributed by atoms with E-state index in [0.29, 0.717) is 12.8 Å². The summed E-state index contributed by atoms with van der Waals surface area (Å²) < 4.78 is 21.7. The highest BCUT2D eigenvalue weighted by Gasteiger charge is 2.47. The minimum atomic E-state index is -1.88. The summed E-state index contributed by atoms with van der Waals surface area (Å²) in [5.41, 5.74) is 0. The van der Waals surface area contributed by atoms with Gasteiger partial charge >= 0.3 is 17.9 Å². The standard InChI is InChI=1S/C50H80O11/c1-3-5-7-9-11-13-15-17-19-21-22-23-25-26-28-30-32-34-36-38-43(51)58-40-42(41-59-50-47(55)45(53)46(54)48(61-50)49(56)57)60-44(52)39-37-35-33-31-29-27-24-20-18-16-14-12-10-8-6-4-2/h5,7,11,13,17,19-20,22-24,26,28,32,34,42,45-48,50,53-55H,3-4,6,8-10,12,14-16,18,21,25,27,29-31,33,35-41H2,1-2H3,(H,56,57)/b7-5-,13-11-,19-17-,23-22-,24-20-,28-26-,34-32-. The molecule has 0 spiro atoms. The van der Waals surface area contributed by atoms with Crippen molar-refractivity contribution in [2.24, 2.45) is 0 Å². The Labute approximate surface area is 367 Å². The van der Waals surface area contributed by atoms with Crippen LogP contribution in [-0.2, 0) is 33.3 Å². The van der Waals surface area contributed by atoms with E-state index >= 15 is 0 Å². The van der Waals surface area contributed by atoms with Crippen LogP contribution < -0.4 is 0 Å². The van der Waals surface area contributed by atoms with E-state index in [9.17, 15) is 34.8 Å². The van der Waals surface area contributed by atoms with E-state index < -0.39 is 61.3 Å². The quantitative estimate of drug-likeness (QED) is 0.0267. The number of rotatable bonds is 37. The van der Waals surface area contributed by atoms with Crippen LogP contribution in [0.3, 0.4) is 0 Å². The summed E-state index contributed by atoms with van der Waals surface area (Å²) in [5.74, 6) is -2.57. The second-order valence-electron chi connectivity index (χ2n) is 15.5. The predicted molar refractivity (Wildman–Crippen MR) is 243 cm³/mol. The molecule has 4 N–H and O–H groups in total. The number of unbranched alkanes of at least 4 members (excludes halogenated alkanes) is 12. The van der Waals surface area contributed by atoms with Crippen LogP contribution in [0.4, 0.5) is 0 Å². The maximum atomic E-state index is 12.8. The number of carbonyl (C=O) groups is 3. The number of aliphatic carboxylic acids is 1. The fraction of sp³-hybridized carbons (Fsp3) is 0.660. The van der Waals surface area contributed by atoms with E-state index in [-0.39, 0.29) is 19.4 Å². The Morgan fingerprint density at radius 3 is 1.52 bits per heavy atom. The molecule has 61 heavy (non-hydrogen) atoms. The van der Waals surface area contributed by atoms with Crippen molar-refractivity contribution in [2.75, 3.05) is 13.2 Å². The fourth-order valence-corrected chi connectivity index (χ4v) is 6.37. The number of hydrogen-bond acceptors (Lipinski definition) is 10. The number of aliphatic hydroxyl groups is 3. The van der Waals surface area contributed by atoms with Crippen molar-refractivity contribution < 1.29 is 53.8 Å². The number of allylic oxidation sites excluding steroid dienone is 14. The average molecular weight is 857 g/mol. The number of carbonyl (C=O) groups excluding carboxylic acids is 2. The van der Waals surface area contributed by atoms with Crippen LogP contribution in [0.15, 0.2) is 85.1 Å². The van der Waals surface area contributed by atoms with Gasteiger partial charge in [0.05, 0.1) is 6.61 Å². The molecule has 0 aromatic heterocycles. The third-order valence-electron chi connectivity index (χ3n) is 9.99. The van der Waals surface area contributed by atoms with Crippen LogP contribution in [0.2, 0.25) is 0 Å². The number of aliphatic hydroxyl groups excluding tert-OH is 3. The van der Waals surface area contributed by atoms with Crippen molar-refractivity contribution in [3.05, 3.63) is 85.1 Å². The zero-order chi connectivity index (χ0) is 44.6. The average Bonchev–Trinajstić information content (AvgIpc) is 3.24. The minimum absolute atomic E-state index is 0.105. The largest absolute Gasteiger partial charge is 0.479 e. The maximum absolute atomic E-state index is 12.8. The summed E-state index contributed by atoms with van der Waals surface area (Å²) in [4.78, 5) is 36.8. The number of ether oxygens (including phenoxy) is 4. The van der Waals surface area contributed by atoms with Gasteiger partial charge < -0.3 is 39.4 Å². The molecular weight excluding hydrogens is 777 g/mol. The van der Waals surface area contributed by atoms with E-state index in [1.165, 1.54) is 44.9 Å². The zero-order valence-corrected chi connectivity index (χ0v) is 37.4. The molecule has 1 saturated heterocycles. The van der Waals surface area contributed by atoms with Crippen LogP contribution in [0, 0.1) is 0 Å². The lowest BCUT2D eigenvalue weighted by Gasteiger charge is -2.38. The summed E-state index contributed by atoms with van der Waals surface area (Å²) >= 11 is 0. The summed E-state index contributed by atoms with van der Waals surface area (Å²) in [7, 11) is 0. The van der Waals surface area contributed by atoms with Crippen LogP contribution in [0.1, 0.15) is 162 Å². The molecule has 11 nitrogen and oxygen atoms in total. The van der Waals surface area contributed by atoms with E-state index in [1.54, 1.807) is 0 Å². The molecule has 6 unspecified atom stereocenters. The van der Waals surface area contributed by atoms with Gasteiger partial charge in [-0.2, -0.15) is 0 Å². The van der Waals surface area contributed by atoms with Crippen molar-refractivity contribution in [3.63, 3.8) is 0 Å². The SMILES string of the molecule is CC/C=C\C/C=C\C/C=C\C/C=C\C/C=C\C/C=C\CCC(=O)OCC(COC1OC(C(=O)O)C(O)C(O)C1O)OC(=O)CCCCCCC/C=C\CCCCCCCCC. The Bertz CT molecular complexity index is 1330. The van der Waals surface area contributed by atoms with Gasteiger partial charge in [0.25, 0.3) is 0 Å². The van der Waals surface area contributed by atoms with Gasteiger partial charge in [0.2, 0.25) is 0 Å². The lowest BCUT2D eigenvalue weighted by molar-refractivity contribution is -0.298. The topological polar surface area (TPSA) is 169 Å². The van der Waals surface area contributed by atoms with E-state index in [4.69, 9.17) is 18.9 Å². The molecule has 1 heterocycles. The highest BCUT2D eigenvalue weighted by Crippen LogP contribution is 2.23. The number of carboxylic acids is 1. The third-order valence-corrected chi connectivity index (χ3v) is 9.99. The molecule has 346 valence electrons. The summed E-state index contributed by atoms with van der Waals surface area (Å²) in [6, 6.07) is 0. The molecule has 0 amide bonds. The van der Waals surface area contributed by atoms with Gasteiger partial charge in [-0.05, 0) is 77.0 Å². The van der Waals surface area contributed by atoms with Crippen LogP contribution in [-0.4, -0.2) is 88.4 Å². The Kier molecular flexibility index (Phi) is 35.7. The monoisotopic (exact) mass is 857 g/mol. The van der Waals surface area contributed by atoms with Crippen molar-refractivity contribution in [2.45, 2.75) is 198 Å². The van der Waals surface area contributed by atoms with Crippen molar-refractivity contribution in [3.8, 4) is 0 Å². The van der Waals surface area contributed by atoms with E-state index in [1.807, 2.05) is 12.2 Å². The Hall–Kier alpha value is -3.61. The molecule has 0 aliphatic carbocycles.